The summed E-state index contributed by atoms with van der Waals surface area (Å²) in [6.07, 6.45) is -0.671. The van der Waals surface area contributed by atoms with Gasteiger partial charge in [-0.1, -0.05) is 30.0 Å². The molecule has 150 valence electrons. The number of carbonyl (C=O) groups is 1. The number of hydrogen-bond donors (Lipinski definition) is 3. The molecule has 0 bridgehead atoms. The van der Waals surface area contributed by atoms with Gasteiger partial charge in [-0.2, -0.15) is 0 Å². The molecule has 1 atom stereocenters. The van der Waals surface area contributed by atoms with Gasteiger partial charge in [0.15, 0.2) is 0 Å². The van der Waals surface area contributed by atoms with Crippen LogP contribution in [0.1, 0.15) is 42.3 Å². The molecule has 0 radical (unpaired) electrons. The average Bonchev–Trinajstić information content (AvgIpc) is 2.63. The molecule has 0 fully saturated rings. The van der Waals surface area contributed by atoms with Gasteiger partial charge in [-0.25, -0.2) is 0 Å². The molecule has 2 rings (SSSR count). The Labute approximate surface area is 166 Å². The number of amides is 1. The maximum absolute atomic E-state index is 11.5. The average molecular weight is 384 g/mol. The SMILES string of the molecule is CC(C)(C)NCC(O)COc1ccc(C(N)=O)cc1C#Cc1ccccc1.O. The molecule has 0 aromatic heterocycles. The van der Waals surface area contributed by atoms with Gasteiger partial charge >= 0.3 is 0 Å². The van der Waals surface area contributed by atoms with Crippen molar-refractivity contribution in [3.63, 3.8) is 0 Å². The van der Waals surface area contributed by atoms with Gasteiger partial charge in [-0.15, -0.1) is 0 Å². The second-order valence-corrected chi connectivity index (χ2v) is 7.29. The number of β-amino-alcohol motifs (C(OH)–C–C–N with tert-alkyl or cyclic N) is 1. The number of aliphatic hydroxyl groups is 1. The van der Waals surface area contributed by atoms with E-state index >= 15 is 0 Å². The summed E-state index contributed by atoms with van der Waals surface area (Å²) in [6.45, 7) is 6.61. The summed E-state index contributed by atoms with van der Waals surface area (Å²) < 4.78 is 5.74. The first-order valence-corrected chi connectivity index (χ1v) is 8.81. The van der Waals surface area contributed by atoms with Crippen LogP contribution in [0.3, 0.4) is 0 Å². The molecular formula is C22H28N2O4. The quantitative estimate of drug-likeness (QED) is 0.654. The highest BCUT2D eigenvalue weighted by Gasteiger charge is 2.14. The lowest BCUT2D eigenvalue weighted by Crippen LogP contribution is -2.42. The zero-order valence-electron chi connectivity index (χ0n) is 16.5. The van der Waals surface area contributed by atoms with E-state index in [0.717, 1.165) is 5.56 Å². The second-order valence-electron chi connectivity index (χ2n) is 7.29. The van der Waals surface area contributed by atoms with E-state index in [4.69, 9.17) is 10.5 Å². The van der Waals surface area contributed by atoms with E-state index in [2.05, 4.69) is 17.2 Å². The van der Waals surface area contributed by atoms with Crippen LogP contribution in [-0.4, -0.2) is 41.3 Å². The van der Waals surface area contributed by atoms with Crippen molar-refractivity contribution in [2.45, 2.75) is 32.4 Å². The smallest absolute Gasteiger partial charge is 0.248 e. The molecule has 0 saturated carbocycles. The first-order valence-electron chi connectivity index (χ1n) is 8.81. The Kier molecular flexibility index (Phi) is 8.68. The summed E-state index contributed by atoms with van der Waals surface area (Å²) in [5.41, 5.74) is 7.03. The van der Waals surface area contributed by atoms with Crippen LogP contribution >= 0.6 is 0 Å². The lowest BCUT2D eigenvalue weighted by Gasteiger charge is -2.23. The van der Waals surface area contributed by atoms with Crippen molar-refractivity contribution in [1.29, 1.82) is 0 Å². The number of nitrogens with one attached hydrogen (secondary N) is 1. The van der Waals surface area contributed by atoms with Crippen molar-refractivity contribution in [3.8, 4) is 17.6 Å². The summed E-state index contributed by atoms with van der Waals surface area (Å²) in [5, 5.41) is 13.3. The lowest BCUT2D eigenvalue weighted by molar-refractivity contribution is 0.0990. The van der Waals surface area contributed by atoms with Gasteiger partial charge in [0.1, 0.15) is 18.5 Å². The lowest BCUT2D eigenvalue weighted by atomic mass is 10.1. The van der Waals surface area contributed by atoms with Gasteiger partial charge in [0, 0.05) is 23.2 Å². The number of benzene rings is 2. The monoisotopic (exact) mass is 384 g/mol. The van der Waals surface area contributed by atoms with E-state index in [-0.39, 0.29) is 17.6 Å². The zero-order chi connectivity index (χ0) is 19.9. The van der Waals surface area contributed by atoms with Gasteiger partial charge in [0.25, 0.3) is 0 Å². The Morgan fingerprint density at radius 1 is 1.18 bits per heavy atom. The standard InChI is InChI=1S/C22H26N2O3.H2O/c1-22(2,3)24-14-19(25)15-27-20-12-11-18(21(23)26)13-17(20)10-9-16-7-5-4-6-8-16;/h4-8,11-13,19,24-25H,14-15H2,1-3H3,(H2,23,26);1H2. The van der Waals surface area contributed by atoms with E-state index in [1.807, 2.05) is 51.1 Å². The summed E-state index contributed by atoms with van der Waals surface area (Å²) in [4.78, 5) is 11.5. The molecule has 2 aromatic carbocycles. The molecule has 6 nitrogen and oxygen atoms in total. The van der Waals surface area contributed by atoms with Crippen LogP contribution < -0.4 is 15.8 Å². The molecule has 0 heterocycles. The van der Waals surface area contributed by atoms with Gasteiger partial charge in [-0.3, -0.25) is 4.79 Å². The summed E-state index contributed by atoms with van der Waals surface area (Å²) >= 11 is 0. The molecule has 0 aliphatic rings. The highest BCUT2D eigenvalue weighted by atomic mass is 16.5. The molecule has 0 aliphatic heterocycles. The topological polar surface area (TPSA) is 116 Å². The molecule has 1 unspecified atom stereocenters. The predicted octanol–water partition coefficient (Wildman–Crippen LogP) is 1.49. The van der Waals surface area contributed by atoms with Crippen LogP contribution in [0.15, 0.2) is 48.5 Å². The first kappa shape index (κ1) is 23.2. The Hall–Kier alpha value is -2.85. The molecule has 0 spiro atoms. The molecule has 0 saturated heterocycles. The van der Waals surface area contributed by atoms with Gasteiger partial charge in [-0.05, 0) is 51.1 Å². The van der Waals surface area contributed by atoms with E-state index < -0.39 is 12.0 Å². The van der Waals surface area contributed by atoms with E-state index in [1.165, 1.54) is 0 Å². The Morgan fingerprint density at radius 2 is 1.86 bits per heavy atom. The first-order chi connectivity index (χ1) is 12.7. The fourth-order valence-electron chi connectivity index (χ4n) is 2.24. The number of aliphatic hydroxyl groups excluding tert-OH is 1. The Morgan fingerprint density at radius 3 is 2.46 bits per heavy atom. The van der Waals surface area contributed by atoms with E-state index in [1.54, 1.807) is 18.2 Å². The Bertz CT molecular complexity index is 833. The third-order valence-corrected chi connectivity index (χ3v) is 3.68. The van der Waals surface area contributed by atoms with Crippen molar-refractivity contribution < 1.29 is 20.1 Å². The van der Waals surface area contributed by atoms with Crippen LogP contribution in [0.4, 0.5) is 0 Å². The molecular weight excluding hydrogens is 356 g/mol. The van der Waals surface area contributed by atoms with Crippen molar-refractivity contribution in [2.24, 2.45) is 5.73 Å². The second kappa shape index (κ2) is 10.5. The normalized spacial score (nSPS) is 11.6. The van der Waals surface area contributed by atoms with Crippen LogP contribution in [0.2, 0.25) is 0 Å². The number of ether oxygens (including phenoxy) is 1. The van der Waals surface area contributed by atoms with Crippen molar-refractivity contribution >= 4 is 5.91 Å². The van der Waals surface area contributed by atoms with E-state index in [0.29, 0.717) is 23.4 Å². The molecule has 0 aliphatic carbocycles. The fourth-order valence-corrected chi connectivity index (χ4v) is 2.24. The van der Waals surface area contributed by atoms with Crippen molar-refractivity contribution in [2.75, 3.05) is 13.2 Å². The molecule has 6 N–H and O–H groups in total. The van der Waals surface area contributed by atoms with Crippen molar-refractivity contribution in [1.82, 2.24) is 5.32 Å². The largest absolute Gasteiger partial charge is 0.490 e. The van der Waals surface area contributed by atoms with Gasteiger partial charge < -0.3 is 26.4 Å². The number of hydrogen-bond acceptors (Lipinski definition) is 4. The number of rotatable bonds is 6. The Balaban J connectivity index is 0.00000392. The fraction of sp³-hybridized carbons (Fsp3) is 0.318. The molecule has 1 amide bonds. The molecule has 28 heavy (non-hydrogen) atoms. The van der Waals surface area contributed by atoms with Crippen molar-refractivity contribution in [3.05, 3.63) is 65.2 Å². The number of carbonyl (C=O) groups excluding carboxylic acids is 1. The minimum absolute atomic E-state index is 0. The highest BCUT2D eigenvalue weighted by molar-refractivity contribution is 5.93. The van der Waals surface area contributed by atoms with Crippen LogP contribution in [0.5, 0.6) is 5.75 Å². The summed E-state index contributed by atoms with van der Waals surface area (Å²) in [5.74, 6) is 6.04. The summed E-state index contributed by atoms with van der Waals surface area (Å²) in [7, 11) is 0. The minimum atomic E-state index is -0.671. The number of primary amides is 1. The minimum Gasteiger partial charge on any atom is -0.490 e. The van der Waals surface area contributed by atoms with Crippen LogP contribution in [0, 0.1) is 11.8 Å². The molecule has 6 heteroatoms. The van der Waals surface area contributed by atoms with Gasteiger partial charge in [0.2, 0.25) is 5.91 Å². The van der Waals surface area contributed by atoms with Crippen LogP contribution in [0.25, 0.3) is 0 Å². The van der Waals surface area contributed by atoms with E-state index in [9.17, 15) is 9.90 Å². The zero-order valence-corrected chi connectivity index (χ0v) is 16.5. The maximum atomic E-state index is 11.5. The molecule has 2 aromatic rings. The third kappa shape index (κ3) is 7.80. The maximum Gasteiger partial charge on any atom is 0.248 e. The third-order valence-electron chi connectivity index (χ3n) is 3.68. The predicted molar refractivity (Wildman–Crippen MR) is 110 cm³/mol. The number of nitrogens with two attached hydrogens (primary N) is 1. The van der Waals surface area contributed by atoms with Crippen LogP contribution in [-0.2, 0) is 0 Å². The van der Waals surface area contributed by atoms with Gasteiger partial charge in [0.05, 0.1) is 5.56 Å². The summed E-state index contributed by atoms with van der Waals surface area (Å²) in [6, 6.07) is 14.4. The highest BCUT2D eigenvalue weighted by Crippen LogP contribution is 2.20.